The lowest BCUT2D eigenvalue weighted by Crippen LogP contribution is -1.95. The van der Waals surface area contributed by atoms with E-state index in [1.165, 1.54) is 0 Å². The largest absolute Gasteiger partial charge is 0.398 e. The maximum Gasteiger partial charge on any atom is 0.0352 e. The predicted octanol–water partition coefficient (Wildman–Crippen LogP) is 2.56. The number of rotatable bonds is 2. The number of nitrogens with two attached hydrogens (primary N) is 1. The second-order valence-corrected chi connectivity index (χ2v) is 2.65. The molecule has 0 radical (unpaired) electrons. The van der Waals surface area contributed by atoms with Crippen molar-refractivity contribution in [3.8, 4) is 0 Å². The zero-order valence-corrected chi connectivity index (χ0v) is 6.75. The number of hydrogen-bond acceptors (Lipinski definition) is 1. The average molecular weight is 147 g/mol. The van der Waals surface area contributed by atoms with Crippen LogP contribution in [0.2, 0.25) is 0 Å². The third-order valence-electron chi connectivity index (χ3n) is 1.84. The first-order chi connectivity index (χ1) is 5.25. The summed E-state index contributed by atoms with van der Waals surface area (Å²) in [4.78, 5) is 0. The average Bonchev–Trinajstić information content (AvgIpc) is 2.04. The zero-order chi connectivity index (χ0) is 8.27. The summed E-state index contributed by atoms with van der Waals surface area (Å²) in [5.41, 5.74) is 7.75. The molecule has 0 amide bonds. The molecule has 0 saturated heterocycles. The first-order valence-corrected chi connectivity index (χ1v) is 3.72. The van der Waals surface area contributed by atoms with Crippen LogP contribution in [0.15, 0.2) is 36.9 Å². The van der Waals surface area contributed by atoms with Crippen molar-refractivity contribution in [1.29, 1.82) is 0 Å². The molecule has 1 aromatic rings. The minimum atomic E-state index is 0.344. The third kappa shape index (κ3) is 1.61. The van der Waals surface area contributed by atoms with Gasteiger partial charge in [0, 0.05) is 11.6 Å². The molecule has 1 nitrogen and oxygen atoms in total. The second-order valence-electron chi connectivity index (χ2n) is 2.65. The summed E-state index contributed by atoms with van der Waals surface area (Å²) in [6.45, 7) is 5.80. The Kier molecular flexibility index (Phi) is 2.32. The Hall–Kier alpha value is -1.24. The lowest BCUT2D eigenvalue weighted by Gasteiger charge is -2.08. The predicted molar refractivity (Wildman–Crippen MR) is 49.5 cm³/mol. The fraction of sp³-hybridized carbons (Fsp3) is 0.200. The van der Waals surface area contributed by atoms with E-state index >= 15 is 0 Å². The van der Waals surface area contributed by atoms with Gasteiger partial charge in [0.25, 0.3) is 0 Å². The van der Waals surface area contributed by atoms with Gasteiger partial charge in [-0.1, -0.05) is 31.2 Å². The maximum absolute atomic E-state index is 5.75. The smallest absolute Gasteiger partial charge is 0.0352 e. The van der Waals surface area contributed by atoms with E-state index in [2.05, 4.69) is 13.5 Å². The SMILES string of the molecule is C=CC(C)c1ccccc1N. The maximum atomic E-state index is 5.75. The van der Waals surface area contributed by atoms with Crippen molar-refractivity contribution in [2.75, 3.05) is 5.73 Å². The fourth-order valence-corrected chi connectivity index (χ4v) is 1.05. The molecule has 0 aliphatic rings. The van der Waals surface area contributed by atoms with Crippen molar-refractivity contribution in [3.63, 3.8) is 0 Å². The molecular formula is C10H13N. The van der Waals surface area contributed by atoms with Crippen LogP contribution in [0, 0.1) is 0 Å². The summed E-state index contributed by atoms with van der Waals surface area (Å²) < 4.78 is 0. The van der Waals surface area contributed by atoms with Crippen LogP contribution >= 0.6 is 0 Å². The number of hydrogen-bond donors (Lipinski definition) is 1. The molecule has 0 fully saturated rings. The van der Waals surface area contributed by atoms with Crippen LogP contribution in [0.1, 0.15) is 18.4 Å². The number of benzene rings is 1. The molecule has 11 heavy (non-hydrogen) atoms. The minimum absolute atomic E-state index is 0.344. The molecular weight excluding hydrogens is 134 g/mol. The van der Waals surface area contributed by atoms with Crippen LogP contribution in [0.25, 0.3) is 0 Å². The quantitative estimate of drug-likeness (QED) is 0.505. The van der Waals surface area contributed by atoms with Gasteiger partial charge in [0.1, 0.15) is 0 Å². The highest BCUT2D eigenvalue weighted by atomic mass is 14.6. The Balaban J connectivity index is 3.02. The standard InChI is InChI=1S/C10H13N/c1-3-8(2)9-6-4-5-7-10(9)11/h3-8H,1,11H2,2H3. The summed E-state index contributed by atoms with van der Waals surface area (Å²) in [6, 6.07) is 7.87. The van der Waals surface area contributed by atoms with Gasteiger partial charge in [-0.15, -0.1) is 6.58 Å². The molecule has 0 aromatic heterocycles. The Morgan fingerprint density at radius 1 is 1.45 bits per heavy atom. The van der Waals surface area contributed by atoms with E-state index in [0.717, 1.165) is 11.3 Å². The molecule has 58 valence electrons. The third-order valence-corrected chi connectivity index (χ3v) is 1.84. The van der Waals surface area contributed by atoms with Crippen molar-refractivity contribution in [1.82, 2.24) is 0 Å². The monoisotopic (exact) mass is 147 g/mol. The molecule has 1 heteroatoms. The molecule has 0 aliphatic carbocycles. The normalized spacial score (nSPS) is 12.5. The molecule has 1 unspecified atom stereocenters. The first-order valence-electron chi connectivity index (χ1n) is 3.72. The van der Waals surface area contributed by atoms with Gasteiger partial charge in [0.05, 0.1) is 0 Å². The van der Waals surface area contributed by atoms with E-state index in [-0.39, 0.29) is 0 Å². The lowest BCUT2D eigenvalue weighted by molar-refractivity contribution is 0.975. The van der Waals surface area contributed by atoms with Crippen LogP contribution in [0.3, 0.4) is 0 Å². The highest BCUT2D eigenvalue weighted by Gasteiger charge is 2.02. The molecule has 0 saturated carbocycles. The van der Waals surface area contributed by atoms with E-state index in [1.807, 2.05) is 30.3 Å². The van der Waals surface area contributed by atoms with Crippen LogP contribution in [0.4, 0.5) is 5.69 Å². The molecule has 1 aromatic carbocycles. The summed E-state index contributed by atoms with van der Waals surface area (Å²) in [6.07, 6.45) is 1.89. The van der Waals surface area contributed by atoms with Crippen molar-refractivity contribution in [3.05, 3.63) is 42.5 Å². The van der Waals surface area contributed by atoms with Gasteiger partial charge in [-0.25, -0.2) is 0 Å². The van der Waals surface area contributed by atoms with Gasteiger partial charge in [0.15, 0.2) is 0 Å². The van der Waals surface area contributed by atoms with Gasteiger partial charge in [-0.2, -0.15) is 0 Å². The summed E-state index contributed by atoms with van der Waals surface area (Å²) >= 11 is 0. The van der Waals surface area contributed by atoms with Crippen molar-refractivity contribution < 1.29 is 0 Å². The molecule has 0 aliphatic heterocycles. The summed E-state index contributed by atoms with van der Waals surface area (Å²) in [5.74, 6) is 0.344. The van der Waals surface area contributed by atoms with E-state index in [9.17, 15) is 0 Å². The zero-order valence-electron chi connectivity index (χ0n) is 6.75. The summed E-state index contributed by atoms with van der Waals surface area (Å²) in [5, 5.41) is 0. The van der Waals surface area contributed by atoms with E-state index < -0.39 is 0 Å². The topological polar surface area (TPSA) is 26.0 Å². The van der Waals surface area contributed by atoms with Gasteiger partial charge in [0.2, 0.25) is 0 Å². The number of nitrogen functional groups attached to an aromatic ring is 1. The van der Waals surface area contributed by atoms with E-state index in [1.54, 1.807) is 0 Å². The fourth-order valence-electron chi connectivity index (χ4n) is 1.05. The van der Waals surface area contributed by atoms with E-state index in [4.69, 9.17) is 5.73 Å². The molecule has 0 heterocycles. The van der Waals surface area contributed by atoms with Gasteiger partial charge in [-0.3, -0.25) is 0 Å². The van der Waals surface area contributed by atoms with Crippen molar-refractivity contribution in [2.45, 2.75) is 12.8 Å². The molecule has 2 N–H and O–H groups in total. The number of para-hydroxylation sites is 1. The van der Waals surface area contributed by atoms with Gasteiger partial charge < -0.3 is 5.73 Å². The molecule has 0 spiro atoms. The number of allylic oxidation sites excluding steroid dienone is 1. The molecule has 1 atom stereocenters. The van der Waals surface area contributed by atoms with Crippen LogP contribution < -0.4 is 5.73 Å². The lowest BCUT2D eigenvalue weighted by atomic mass is 10.00. The Labute approximate surface area is 67.5 Å². The van der Waals surface area contributed by atoms with E-state index in [0.29, 0.717) is 5.92 Å². The van der Waals surface area contributed by atoms with Gasteiger partial charge >= 0.3 is 0 Å². The Bertz CT molecular complexity index is 253. The van der Waals surface area contributed by atoms with Crippen LogP contribution in [-0.4, -0.2) is 0 Å². The summed E-state index contributed by atoms with van der Waals surface area (Å²) in [7, 11) is 0. The van der Waals surface area contributed by atoms with Crippen LogP contribution in [0.5, 0.6) is 0 Å². The van der Waals surface area contributed by atoms with Crippen LogP contribution in [-0.2, 0) is 0 Å². The highest BCUT2D eigenvalue weighted by Crippen LogP contribution is 2.21. The van der Waals surface area contributed by atoms with Gasteiger partial charge in [-0.05, 0) is 11.6 Å². The second kappa shape index (κ2) is 3.24. The molecule has 0 bridgehead atoms. The minimum Gasteiger partial charge on any atom is -0.398 e. The highest BCUT2D eigenvalue weighted by molar-refractivity contribution is 5.49. The van der Waals surface area contributed by atoms with Crippen molar-refractivity contribution in [2.24, 2.45) is 0 Å². The Morgan fingerprint density at radius 3 is 2.64 bits per heavy atom. The molecule has 1 rings (SSSR count). The Morgan fingerprint density at radius 2 is 2.09 bits per heavy atom. The first kappa shape index (κ1) is 7.86. The number of anilines is 1. The van der Waals surface area contributed by atoms with Crippen molar-refractivity contribution >= 4 is 5.69 Å².